The fourth-order valence-electron chi connectivity index (χ4n) is 1.89. The van der Waals surface area contributed by atoms with Crippen LogP contribution in [0.1, 0.15) is 12.5 Å². The van der Waals surface area contributed by atoms with E-state index >= 15 is 0 Å². The monoisotopic (exact) mass is 315 g/mol. The molecule has 0 atom stereocenters. The molecule has 0 unspecified atom stereocenters. The number of quaternary nitrogens is 1. The number of para-hydroxylation sites is 1. The van der Waals surface area contributed by atoms with E-state index in [9.17, 15) is 0 Å². The van der Waals surface area contributed by atoms with Gasteiger partial charge in [0.25, 0.3) is 0 Å². The first-order valence-corrected chi connectivity index (χ1v) is 7.02. The molecule has 0 aliphatic carbocycles. The van der Waals surface area contributed by atoms with Gasteiger partial charge in [-0.05, 0) is 25.5 Å². The van der Waals surface area contributed by atoms with E-state index in [1.54, 1.807) is 0 Å². The van der Waals surface area contributed by atoms with E-state index in [0.29, 0.717) is 25.4 Å². The van der Waals surface area contributed by atoms with Gasteiger partial charge >= 0.3 is 0 Å². The predicted molar refractivity (Wildman–Crippen MR) is 78.6 cm³/mol. The van der Waals surface area contributed by atoms with Crippen molar-refractivity contribution in [2.24, 2.45) is 0 Å². The molecule has 0 bridgehead atoms. The Morgan fingerprint density at radius 3 is 1.86 bits per heavy atom. The largest absolute Gasteiger partial charge is 0.550 e. The van der Waals surface area contributed by atoms with Crippen LogP contribution in [0.2, 0.25) is 0 Å². The predicted octanol–water partition coefficient (Wildman–Crippen LogP) is -1.16. The number of hydroxylamine groups is 3. The Hall–Kier alpha value is -1.67. The van der Waals surface area contributed by atoms with Crippen molar-refractivity contribution in [2.45, 2.75) is 13.8 Å². The van der Waals surface area contributed by atoms with Crippen LogP contribution in [-0.4, -0.2) is 65.4 Å². The number of aryl methyl sites for hydroxylation is 1. The lowest BCUT2D eigenvalue weighted by Crippen LogP contribution is -2.55. The lowest BCUT2D eigenvalue weighted by molar-refractivity contribution is -1.08. The van der Waals surface area contributed by atoms with Gasteiger partial charge in [0.2, 0.25) is 0 Å². The first kappa shape index (κ1) is 20.3. The van der Waals surface area contributed by atoms with Crippen LogP contribution >= 0.6 is 0 Å². The van der Waals surface area contributed by atoms with Gasteiger partial charge in [-0.2, -0.15) is 0 Å². The van der Waals surface area contributed by atoms with Crippen molar-refractivity contribution in [3.05, 3.63) is 29.8 Å². The van der Waals surface area contributed by atoms with Gasteiger partial charge in [-0.15, -0.1) is 4.65 Å². The second-order valence-electron chi connectivity index (χ2n) is 4.75. The van der Waals surface area contributed by atoms with Crippen LogP contribution in [0, 0.1) is 6.92 Å². The number of rotatable bonds is 8. The van der Waals surface area contributed by atoms with Gasteiger partial charge in [0, 0.05) is 5.97 Å². The quantitative estimate of drug-likeness (QED) is 0.412. The number of carbonyl (C=O) groups excluding carboxylic acids is 1. The van der Waals surface area contributed by atoms with Gasteiger partial charge in [0.1, 0.15) is 19.6 Å². The minimum absolute atomic E-state index is 0.0222. The van der Waals surface area contributed by atoms with Crippen molar-refractivity contribution in [1.29, 1.82) is 0 Å². The lowest BCUT2D eigenvalue weighted by atomic mass is 10.2. The molecule has 0 amide bonds. The van der Waals surface area contributed by atoms with Crippen molar-refractivity contribution < 1.29 is 34.7 Å². The Balaban J connectivity index is 0.000000980. The lowest BCUT2D eigenvalue weighted by Gasteiger charge is -2.34. The van der Waals surface area contributed by atoms with Crippen molar-refractivity contribution in [2.75, 3.05) is 39.5 Å². The summed E-state index contributed by atoms with van der Waals surface area (Å²) in [4.78, 5) is 14.8. The van der Waals surface area contributed by atoms with Gasteiger partial charge in [-0.1, -0.05) is 18.2 Å². The first-order chi connectivity index (χ1) is 10.4. The molecule has 0 saturated carbocycles. The van der Waals surface area contributed by atoms with Gasteiger partial charge in [0.05, 0.1) is 19.8 Å². The molecule has 0 saturated heterocycles. The molecular formula is C15H25NO6. The number of aliphatic carboxylic acids is 1. The van der Waals surface area contributed by atoms with E-state index in [0.717, 1.165) is 12.5 Å². The summed E-state index contributed by atoms with van der Waals surface area (Å²) in [7, 11) is 0. The Bertz CT molecular complexity index is 417. The number of nitrogens with zero attached hydrogens (tertiary/aromatic N) is 1. The van der Waals surface area contributed by atoms with Gasteiger partial charge < -0.3 is 30.1 Å². The third-order valence-corrected chi connectivity index (χ3v) is 2.91. The minimum atomic E-state index is -1.08. The summed E-state index contributed by atoms with van der Waals surface area (Å²) in [5.41, 5.74) is 0.980. The molecular weight excluding hydrogens is 290 g/mol. The molecule has 0 aliphatic heterocycles. The van der Waals surface area contributed by atoms with Crippen molar-refractivity contribution in [3.63, 3.8) is 0 Å². The van der Waals surface area contributed by atoms with E-state index in [-0.39, 0.29) is 24.5 Å². The number of carboxylic acid groups (broad SMARTS) is 1. The average molecular weight is 315 g/mol. The normalized spacial score (nSPS) is 10.6. The standard InChI is InChI=1S/C13H22NO4.C2H4O2/c1-12-4-2-3-5-13(12)18-14(6-9-15,7-10-16)8-11-17;1-2(3)4/h2-5,15-17H,6-11H2,1H3;1H3,(H,3,4)/q+1;/p-1. The fraction of sp³-hybridized carbons (Fsp3) is 0.533. The summed E-state index contributed by atoms with van der Waals surface area (Å²) >= 11 is 0. The number of carbonyl (C=O) groups is 1. The van der Waals surface area contributed by atoms with Crippen LogP contribution in [0.5, 0.6) is 5.75 Å². The number of aliphatic hydroxyl groups is 3. The SMILES string of the molecule is CC(=O)[O-].Cc1ccccc1O[N+](CCO)(CCO)CCO. The van der Waals surface area contributed by atoms with Crippen molar-refractivity contribution in [1.82, 2.24) is 0 Å². The molecule has 7 heteroatoms. The van der Waals surface area contributed by atoms with E-state index in [4.69, 9.17) is 30.1 Å². The second-order valence-corrected chi connectivity index (χ2v) is 4.75. The highest BCUT2D eigenvalue weighted by molar-refractivity contribution is 5.60. The molecule has 22 heavy (non-hydrogen) atoms. The highest BCUT2D eigenvalue weighted by Gasteiger charge is 2.30. The van der Waals surface area contributed by atoms with Gasteiger partial charge in [-0.3, -0.25) is 0 Å². The fourth-order valence-corrected chi connectivity index (χ4v) is 1.89. The molecule has 7 nitrogen and oxygen atoms in total. The molecule has 0 aliphatic rings. The minimum Gasteiger partial charge on any atom is -0.550 e. The van der Waals surface area contributed by atoms with Gasteiger partial charge in [-0.25, -0.2) is 0 Å². The maximum Gasteiger partial charge on any atom is 0.193 e. The molecule has 126 valence electrons. The molecule has 0 heterocycles. The van der Waals surface area contributed by atoms with Crippen LogP contribution in [-0.2, 0) is 4.79 Å². The molecule has 0 aromatic heterocycles. The number of hydrogen-bond donors (Lipinski definition) is 3. The van der Waals surface area contributed by atoms with Gasteiger partial charge in [0.15, 0.2) is 5.75 Å². The molecule has 3 N–H and O–H groups in total. The molecule has 1 aromatic rings. The highest BCUT2D eigenvalue weighted by atomic mass is 16.7. The third kappa shape index (κ3) is 7.94. The zero-order valence-corrected chi connectivity index (χ0v) is 13.1. The molecule has 0 fully saturated rings. The van der Waals surface area contributed by atoms with E-state index in [1.165, 1.54) is 0 Å². The van der Waals surface area contributed by atoms with Crippen LogP contribution in [0.15, 0.2) is 24.3 Å². The Labute approximate surface area is 130 Å². The summed E-state index contributed by atoms with van der Waals surface area (Å²) in [6.45, 7) is 3.70. The van der Waals surface area contributed by atoms with Crippen LogP contribution in [0.3, 0.4) is 0 Å². The van der Waals surface area contributed by atoms with E-state index < -0.39 is 5.97 Å². The number of benzene rings is 1. The summed E-state index contributed by atoms with van der Waals surface area (Å²) in [6.07, 6.45) is 0. The average Bonchev–Trinajstić information content (AvgIpc) is 2.42. The summed E-state index contributed by atoms with van der Waals surface area (Å²) in [5.74, 6) is -0.382. The highest BCUT2D eigenvalue weighted by Crippen LogP contribution is 2.21. The van der Waals surface area contributed by atoms with Crippen LogP contribution < -0.4 is 9.94 Å². The van der Waals surface area contributed by atoms with Crippen LogP contribution in [0.4, 0.5) is 0 Å². The number of hydrogen-bond acceptors (Lipinski definition) is 6. The molecule has 0 radical (unpaired) electrons. The van der Waals surface area contributed by atoms with E-state index in [1.807, 2.05) is 31.2 Å². The Kier molecular flexibility index (Phi) is 10.1. The summed E-state index contributed by atoms with van der Waals surface area (Å²) in [5, 5.41) is 36.3. The molecule has 1 rings (SSSR count). The second kappa shape index (κ2) is 11.0. The topological polar surface area (TPSA) is 110 Å². The van der Waals surface area contributed by atoms with Crippen LogP contribution in [0.25, 0.3) is 0 Å². The maximum absolute atomic E-state index is 9.14. The zero-order chi connectivity index (χ0) is 17.0. The first-order valence-electron chi connectivity index (χ1n) is 7.02. The number of aliphatic hydroxyl groups excluding tert-OH is 3. The van der Waals surface area contributed by atoms with Crippen molar-refractivity contribution in [3.8, 4) is 5.75 Å². The Morgan fingerprint density at radius 1 is 1.09 bits per heavy atom. The van der Waals surface area contributed by atoms with E-state index in [2.05, 4.69) is 0 Å². The summed E-state index contributed by atoms with van der Waals surface area (Å²) in [6, 6.07) is 7.56. The van der Waals surface area contributed by atoms with Crippen molar-refractivity contribution >= 4 is 5.97 Å². The zero-order valence-electron chi connectivity index (χ0n) is 13.1. The molecule has 0 spiro atoms. The number of carboxylic acids is 1. The molecule has 1 aromatic carbocycles. The Morgan fingerprint density at radius 2 is 1.50 bits per heavy atom. The smallest absolute Gasteiger partial charge is 0.193 e. The summed E-state index contributed by atoms with van der Waals surface area (Å²) < 4.78 is 0.0222. The third-order valence-electron chi connectivity index (χ3n) is 2.91. The maximum atomic E-state index is 9.14.